The summed E-state index contributed by atoms with van der Waals surface area (Å²) < 4.78 is 33.2. The zero-order valence-corrected chi connectivity index (χ0v) is 19.7. The van der Waals surface area contributed by atoms with Gasteiger partial charge in [-0.1, -0.05) is 27.3 Å². The summed E-state index contributed by atoms with van der Waals surface area (Å²) in [4.78, 5) is 32.5. The van der Waals surface area contributed by atoms with Crippen molar-refractivity contribution in [3.8, 4) is 0 Å². The van der Waals surface area contributed by atoms with Crippen LogP contribution in [0.25, 0.3) is 10.2 Å². The van der Waals surface area contributed by atoms with E-state index in [1.54, 1.807) is 17.1 Å². The van der Waals surface area contributed by atoms with Crippen LogP contribution in [0.3, 0.4) is 0 Å². The second-order valence-electron chi connectivity index (χ2n) is 6.06. The number of carbonyl (C=O) groups is 2. The molecule has 2 amide bonds. The first kappa shape index (κ1) is 22.7. The van der Waals surface area contributed by atoms with E-state index in [9.17, 15) is 18.0 Å². The zero-order chi connectivity index (χ0) is 21.7. The number of halogens is 1. The molecule has 3 aromatic rings. The number of ether oxygens (including phenoxy) is 1. The number of thiazole rings is 2. The minimum Gasteiger partial charge on any atom is -0.383 e. The van der Waals surface area contributed by atoms with E-state index in [0.717, 1.165) is 14.7 Å². The molecule has 2 aromatic heterocycles. The third-order valence-electron chi connectivity index (χ3n) is 3.76. The fourth-order valence-electron chi connectivity index (χ4n) is 2.55. The molecule has 2 heterocycles. The summed E-state index contributed by atoms with van der Waals surface area (Å²) in [5.74, 6) is -3.27. The number of benzene rings is 1. The molecular formula is C17H17BrN4O5S3. The van der Waals surface area contributed by atoms with Crippen molar-refractivity contribution in [2.45, 2.75) is 6.54 Å². The first-order valence-corrected chi connectivity index (χ1v) is 12.8. The highest BCUT2D eigenvalue weighted by atomic mass is 79.9. The molecule has 0 saturated carbocycles. The quantitative estimate of drug-likeness (QED) is 0.474. The molecule has 0 saturated heterocycles. The molecule has 30 heavy (non-hydrogen) atoms. The number of hydrogen-bond donors (Lipinski definition) is 1. The average molecular weight is 533 g/mol. The van der Waals surface area contributed by atoms with Gasteiger partial charge < -0.3 is 14.6 Å². The van der Waals surface area contributed by atoms with E-state index in [2.05, 4.69) is 31.2 Å². The Hall–Kier alpha value is -1.93. The van der Waals surface area contributed by atoms with E-state index in [1.807, 2.05) is 18.2 Å². The molecule has 0 bridgehead atoms. The van der Waals surface area contributed by atoms with E-state index in [4.69, 9.17) is 4.74 Å². The fraction of sp³-hybridized carbons (Fsp3) is 0.294. The summed E-state index contributed by atoms with van der Waals surface area (Å²) in [5, 5.41) is 4.32. The van der Waals surface area contributed by atoms with E-state index < -0.39 is 33.2 Å². The Bertz CT molecular complexity index is 1230. The molecule has 160 valence electrons. The monoisotopic (exact) mass is 532 g/mol. The number of nitrogens with zero attached hydrogens (tertiary/aromatic N) is 3. The summed E-state index contributed by atoms with van der Waals surface area (Å²) in [7, 11) is -2.42. The fourth-order valence-corrected chi connectivity index (χ4v) is 5.73. The van der Waals surface area contributed by atoms with Gasteiger partial charge in [-0.15, -0.1) is 11.3 Å². The number of amides is 2. The Labute approximate surface area is 188 Å². The maximum atomic E-state index is 12.4. The lowest BCUT2D eigenvalue weighted by Gasteiger charge is -2.04. The summed E-state index contributed by atoms with van der Waals surface area (Å²) >= 11 is 5.84. The number of aromatic nitrogens is 2. The summed E-state index contributed by atoms with van der Waals surface area (Å²) in [6.07, 6.45) is 1.49. The van der Waals surface area contributed by atoms with Crippen LogP contribution in [0.1, 0.15) is 0 Å². The molecule has 0 aliphatic carbocycles. The van der Waals surface area contributed by atoms with Gasteiger partial charge in [0.1, 0.15) is 11.5 Å². The molecule has 0 atom stereocenters. The van der Waals surface area contributed by atoms with Gasteiger partial charge >= 0.3 is 0 Å². The molecule has 0 radical (unpaired) electrons. The molecule has 0 unspecified atom stereocenters. The minimum atomic E-state index is -3.99. The Kier molecular flexibility index (Phi) is 7.52. The maximum Gasteiger partial charge on any atom is 0.263 e. The topological polar surface area (TPSA) is 120 Å². The van der Waals surface area contributed by atoms with Gasteiger partial charge in [0.2, 0.25) is 5.91 Å². The first-order chi connectivity index (χ1) is 14.3. The van der Waals surface area contributed by atoms with Crippen molar-refractivity contribution in [1.29, 1.82) is 0 Å². The molecule has 1 N–H and O–H groups in total. The normalized spacial score (nSPS) is 12.4. The zero-order valence-electron chi connectivity index (χ0n) is 15.7. The lowest BCUT2D eigenvalue weighted by molar-refractivity contribution is -0.115. The van der Waals surface area contributed by atoms with Crippen molar-refractivity contribution >= 4 is 75.6 Å². The highest BCUT2D eigenvalue weighted by Crippen LogP contribution is 2.22. The van der Waals surface area contributed by atoms with Crippen molar-refractivity contribution in [1.82, 2.24) is 9.55 Å². The minimum absolute atomic E-state index is 0.293. The Morgan fingerprint density at radius 3 is 2.83 bits per heavy atom. The first-order valence-electron chi connectivity index (χ1n) is 8.52. The molecule has 13 heteroatoms. The maximum absolute atomic E-state index is 12.4. The van der Waals surface area contributed by atoms with Crippen LogP contribution in [0.2, 0.25) is 0 Å². The molecule has 1 aromatic carbocycles. The van der Waals surface area contributed by atoms with Crippen LogP contribution < -0.4 is 10.1 Å². The smallest absolute Gasteiger partial charge is 0.263 e. The number of sulfone groups is 1. The van der Waals surface area contributed by atoms with Crippen LogP contribution in [-0.2, 0) is 30.7 Å². The largest absolute Gasteiger partial charge is 0.383 e. The van der Waals surface area contributed by atoms with Crippen molar-refractivity contribution in [3.05, 3.63) is 39.1 Å². The number of rotatable bonds is 8. The number of carbonyl (C=O) groups excluding carboxylic acids is 2. The Morgan fingerprint density at radius 2 is 2.13 bits per heavy atom. The van der Waals surface area contributed by atoms with Gasteiger partial charge in [0.25, 0.3) is 5.91 Å². The van der Waals surface area contributed by atoms with Gasteiger partial charge in [0, 0.05) is 29.7 Å². The number of fused-ring (bicyclic) bond motifs is 1. The van der Waals surface area contributed by atoms with Crippen molar-refractivity contribution < 1.29 is 22.7 Å². The predicted octanol–water partition coefficient (Wildman–Crippen LogP) is 2.05. The van der Waals surface area contributed by atoms with Crippen LogP contribution in [-0.4, -0.2) is 55.0 Å². The SMILES string of the molecule is COCCn1c(=NC(=O)CS(=O)(=O)CC(=O)Nc2nccs2)sc2cc(Br)ccc21. The summed E-state index contributed by atoms with van der Waals surface area (Å²) in [5.41, 5.74) is 0.859. The second-order valence-corrected chi connectivity index (χ2v) is 10.9. The van der Waals surface area contributed by atoms with Crippen LogP contribution in [0, 0.1) is 0 Å². The third kappa shape index (κ3) is 6.04. The molecule has 0 aliphatic heterocycles. The Morgan fingerprint density at radius 1 is 1.33 bits per heavy atom. The second kappa shape index (κ2) is 9.92. The van der Waals surface area contributed by atoms with Crippen LogP contribution >= 0.6 is 38.6 Å². The third-order valence-corrected chi connectivity index (χ3v) is 7.37. The lowest BCUT2D eigenvalue weighted by Crippen LogP contribution is -2.28. The van der Waals surface area contributed by atoms with Crippen LogP contribution in [0.4, 0.5) is 5.13 Å². The number of nitrogens with one attached hydrogen (secondary N) is 1. The molecule has 0 aliphatic rings. The lowest BCUT2D eigenvalue weighted by atomic mass is 10.3. The van der Waals surface area contributed by atoms with E-state index in [0.29, 0.717) is 23.1 Å². The van der Waals surface area contributed by atoms with E-state index >= 15 is 0 Å². The van der Waals surface area contributed by atoms with Gasteiger partial charge in [-0.05, 0) is 18.2 Å². The standard InChI is InChI=1S/C17H17BrN4O5S3/c1-27-6-5-22-12-3-2-11(18)8-13(12)29-17(22)21-15(24)10-30(25,26)9-14(23)20-16-19-4-7-28-16/h2-4,7-8H,5-6,9-10H2,1H3,(H,19,20,23). The van der Waals surface area contributed by atoms with Gasteiger partial charge in [0.15, 0.2) is 19.8 Å². The number of hydrogen-bond acceptors (Lipinski definition) is 8. The highest BCUT2D eigenvalue weighted by Gasteiger charge is 2.21. The summed E-state index contributed by atoms with van der Waals surface area (Å²) in [6.45, 7) is 0.853. The molecule has 9 nitrogen and oxygen atoms in total. The van der Waals surface area contributed by atoms with Crippen LogP contribution in [0.5, 0.6) is 0 Å². The molecular weight excluding hydrogens is 516 g/mol. The summed E-state index contributed by atoms with van der Waals surface area (Å²) in [6, 6.07) is 5.65. The molecule has 0 spiro atoms. The van der Waals surface area contributed by atoms with Crippen LogP contribution in [0.15, 0.2) is 39.2 Å². The van der Waals surface area contributed by atoms with Crippen molar-refractivity contribution in [2.75, 3.05) is 30.5 Å². The molecule has 3 rings (SSSR count). The van der Waals surface area contributed by atoms with Gasteiger partial charge in [-0.2, -0.15) is 4.99 Å². The average Bonchev–Trinajstić information content (AvgIpc) is 3.25. The molecule has 0 fully saturated rings. The van der Waals surface area contributed by atoms with Gasteiger partial charge in [-0.25, -0.2) is 13.4 Å². The number of methoxy groups -OCH3 is 1. The van der Waals surface area contributed by atoms with Gasteiger partial charge in [-0.3, -0.25) is 9.59 Å². The van der Waals surface area contributed by atoms with Crippen molar-refractivity contribution in [3.63, 3.8) is 0 Å². The van der Waals surface area contributed by atoms with Gasteiger partial charge in [0.05, 0.1) is 16.8 Å². The highest BCUT2D eigenvalue weighted by molar-refractivity contribution is 9.10. The number of anilines is 1. The Balaban J connectivity index is 1.79. The van der Waals surface area contributed by atoms with E-state index in [1.165, 1.54) is 28.9 Å². The van der Waals surface area contributed by atoms with Crippen molar-refractivity contribution in [2.24, 2.45) is 4.99 Å². The van der Waals surface area contributed by atoms with E-state index in [-0.39, 0.29) is 0 Å². The predicted molar refractivity (Wildman–Crippen MR) is 119 cm³/mol.